The van der Waals surface area contributed by atoms with Gasteiger partial charge in [-0.3, -0.25) is 14.2 Å². The van der Waals surface area contributed by atoms with Gasteiger partial charge in [-0.1, -0.05) is 11.6 Å². The molecule has 0 aliphatic carbocycles. The molecule has 0 radical (unpaired) electrons. The van der Waals surface area contributed by atoms with E-state index < -0.39 is 23.2 Å². The first-order valence-corrected chi connectivity index (χ1v) is 6.55. The standard InChI is InChI=1S/C13H11ClFN3O2/c14-6-4-8-10(9(15)5-6)17-12-7(11(16)19)2-1-3-18(12)13(8)20/h4-5,7H,1-3H2,(H2,16,19)/t7-/m1/s1. The van der Waals surface area contributed by atoms with E-state index in [-0.39, 0.29) is 21.7 Å². The van der Waals surface area contributed by atoms with Crippen molar-refractivity contribution in [2.75, 3.05) is 0 Å². The van der Waals surface area contributed by atoms with Crippen LogP contribution in [0, 0.1) is 5.82 Å². The minimum Gasteiger partial charge on any atom is -0.369 e. The Kier molecular flexibility index (Phi) is 2.97. The van der Waals surface area contributed by atoms with Crippen LogP contribution in [0.5, 0.6) is 0 Å². The third-order valence-corrected chi connectivity index (χ3v) is 3.75. The number of rotatable bonds is 1. The van der Waals surface area contributed by atoms with Crippen molar-refractivity contribution < 1.29 is 9.18 Å². The van der Waals surface area contributed by atoms with Crippen molar-refractivity contribution in [1.29, 1.82) is 0 Å². The molecule has 3 rings (SSSR count). The molecule has 20 heavy (non-hydrogen) atoms. The smallest absolute Gasteiger partial charge is 0.261 e. The summed E-state index contributed by atoms with van der Waals surface area (Å²) in [6.45, 7) is 0.440. The van der Waals surface area contributed by atoms with Crippen molar-refractivity contribution in [2.24, 2.45) is 5.73 Å². The van der Waals surface area contributed by atoms with Gasteiger partial charge < -0.3 is 5.73 Å². The zero-order chi connectivity index (χ0) is 14.4. The summed E-state index contributed by atoms with van der Waals surface area (Å²) >= 11 is 5.77. The maximum absolute atomic E-state index is 13.9. The molecule has 2 N–H and O–H groups in total. The second-order valence-electron chi connectivity index (χ2n) is 4.81. The van der Waals surface area contributed by atoms with E-state index in [0.717, 1.165) is 6.07 Å². The lowest BCUT2D eigenvalue weighted by molar-refractivity contribution is -0.120. The van der Waals surface area contributed by atoms with Gasteiger partial charge in [0.1, 0.15) is 11.3 Å². The minimum absolute atomic E-state index is 0.0706. The number of hydrogen-bond donors (Lipinski definition) is 1. The van der Waals surface area contributed by atoms with E-state index in [2.05, 4.69) is 4.98 Å². The van der Waals surface area contributed by atoms with Crippen molar-refractivity contribution >= 4 is 28.4 Å². The summed E-state index contributed by atoms with van der Waals surface area (Å²) in [7, 11) is 0. The molecule has 1 aliphatic heterocycles. The topological polar surface area (TPSA) is 78.0 Å². The minimum atomic E-state index is -0.679. The molecule has 2 aromatic rings. The van der Waals surface area contributed by atoms with Crippen molar-refractivity contribution in [3.8, 4) is 0 Å². The highest BCUT2D eigenvalue weighted by Gasteiger charge is 2.28. The number of aromatic nitrogens is 2. The van der Waals surface area contributed by atoms with Crippen LogP contribution in [0.25, 0.3) is 10.9 Å². The number of nitrogens with zero attached hydrogens (tertiary/aromatic N) is 2. The number of benzene rings is 1. The molecule has 7 heteroatoms. The van der Waals surface area contributed by atoms with Crippen molar-refractivity contribution in [1.82, 2.24) is 9.55 Å². The molecule has 0 unspecified atom stereocenters. The predicted molar refractivity (Wildman–Crippen MR) is 72.1 cm³/mol. The molecular weight excluding hydrogens is 285 g/mol. The van der Waals surface area contributed by atoms with Crippen LogP contribution in [0.2, 0.25) is 5.02 Å². The van der Waals surface area contributed by atoms with E-state index in [1.54, 1.807) is 0 Å². The maximum atomic E-state index is 13.9. The Labute approximate surface area is 118 Å². The molecule has 0 saturated carbocycles. The zero-order valence-electron chi connectivity index (χ0n) is 10.4. The first kappa shape index (κ1) is 13.1. The van der Waals surface area contributed by atoms with Gasteiger partial charge in [0.2, 0.25) is 5.91 Å². The highest BCUT2D eigenvalue weighted by atomic mass is 35.5. The normalized spacial score (nSPS) is 18.0. The van der Waals surface area contributed by atoms with Crippen molar-refractivity contribution in [2.45, 2.75) is 25.3 Å². The average molecular weight is 296 g/mol. The van der Waals surface area contributed by atoms with Crippen LogP contribution in [0.4, 0.5) is 4.39 Å². The fourth-order valence-electron chi connectivity index (χ4n) is 2.60. The molecule has 1 aliphatic rings. The number of primary amides is 1. The molecule has 0 fully saturated rings. The lowest BCUT2D eigenvalue weighted by Gasteiger charge is -2.24. The molecular formula is C13H11ClFN3O2. The third kappa shape index (κ3) is 1.87. The van der Waals surface area contributed by atoms with E-state index >= 15 is 0 Å². The van der Waals surface area contributed by atoms with Gasteiger partial charge in [0.15, 0.2) is 5.82 Å². The number of fused-ring (bicyclic) bond motifs is 2. The van der Waals surface area contributed by atoms with Crippen LogP contribution in [-0.4, -0.2) is 15.5 Å². The number of nitrogens with two attached hydrogens (primary N) is 1. The molecule has 0 bridgehead atoms. The van der Waals surface area contributed by atoms with Crippen LogP contribution in [0.1, 0.15) is 24.6 Å². The van der Waals surface area contributed by atoms with E-state index in [1.807, 2.05) is 0 Å². The first-order valence-electron chi connectivity index (χ1n) is 6.18. The Bertz CT molecular complexity index is 787. The number of amides is 1. The van der Waals surface area contributed by atoms with Crippen LogP contribution < -0.4 is 11.3 Å². The predicted octanol–water partition coefficient (Wildman–Crippen LogP) is 1.55. The Morgan fingerprint density at radius 3 is 2.95 bits per heavy atom. The van der Waals surface area contributed by atoms with Gasteiger partial charge in [-0.2, -0.15) is 0 Å². The molecule has 0 spiro atoms. The largest absolute Gasteiger partial charge is 0.369 e. The second-order valence-corrected chi connectivity index (χ2v) is 5.24. The quantitative estimate of drug-likeness (QED) is 0.867. The van der Waals surface area contributed by atoms with Gasteiger partial charge in [-0.05, 0) is 25.0 Å². The number of carbonyl (C=O) groups excluding carboxylic acids is 1. The number of hydrogen-bond acceptors (Lipinski definition) is 3. The van der Waals surface area contributed by atoms with E-state index in [4.69, 9.17) is 17.3 Å². The third-order valence-electron chi connectivity index (χ3n) is 3.54. The molecule has 104 valence electrons. The summed E-state index contributed by atoms with van der Waals surface area (Å²) in [5.74, 6) is -1.65. The molecule has 5 nitrogen and oxygen atoms in total. The molecule has 1 atom stereocenters. The monoisotopic (exact) mass is 295 g/mol. The summed E-state index contributed by atoms with van der Waals surface area (Å²) in [6, 6.07) is 2.48. The summed E-state index contributed by atoms with van der Waals surface area (Å²) in [4.78, 5) is 28.0. The fourth-order valence-corrected chi connectivity index (χ4v) is 2.81. The molecule has 1 amide bonds. The van der Waals surface area contributed by atoms with Crippen LogP contribution in [0.15, 0.2) is 16.9 Å². The summed E-state index contributed by atoms with van der Waals surface area (Å²) < 4.78 is 15.3. The summed E-state index contributed by atoms with van der Waals surface area (Å²) in [5, 5.41) is 0.251. The fraction of sp³-hybridized carbons (Fsp3) is 0.308. The molecule has 2 heterocycles. The Hall–Kier alpha value is -1.95. The average Bonchev–Trinajstić information content (AvgIpc) is 2.39. The first-order chi connectivity index (χ1) is 9.49. The number of carbonyl (C=O) groups is 1. The molecule has 0 saturated heterocycles. The lowest BCUT2D eigenvalue weighted by atomic mass is 9.97. The van der Waals surface area contributed by atoms with Gasteiger partial charge in [0.05, 0.1) is 11.3 Å². The van der Waals surface area contributed by atoms with Crippen LogP contribution >= 0.6 is 11.6 Å². The lowest BCUT2D eigenvalue weighted by Crippen LogP contribution is -2.35. The van der Waals surface area contributed by atoms with Gasteiger partial charge >= 0.3 is 0 Å². The molecule has 1 aromatic heterocycles. The maximum Gasteiger partial charge on any atom is 0.261 e. The second kappa shape index (κ2) is 4.56. The van der Waals surface area contributed by atoms with Gasteiger partial charge in [-0.25, -0.2) is 9.37 Å². The van der Waals surface area contributed by atoms with Gasteiger partial charge in [0, 0.05) is 11.6 Å². The van der Waals surface area contributed by atoms with Crippen LogP contribution in [-0.2, 0) is 11.3 Å². The Balaban J connectivity index is 2.39. The Morgan fingerprint density at radius 2 is 2.25 bits per heavy atom. The number of halogens is 2. The highest BCUT2D eigenvalue weighted by molar-refractivity contribution is 6.31. The summed E-state index contributed by atoms with van der Waals surface area (Å²) in [6.07, 6.45) is 1.17. The van der Waals surface area contributed by atoms with Crippen LogP contribution in [0.3, 0.4) is 0 Å². The van der Waals surface area contributed by atoms with E-state index in [1.165, 1.54) is 10.6 Å². The summed E-state index contributed by atoms with van der Waals surface area (Å²) in [5.41, 5.74) is 4.87. The van der Waals surface area contributed by atoms with Crippen molar-refractivity contribution in [3.05, 3.63) is 39.2 Å². The molecule has 1 aromatic carbocycles. The van der Waals surface area contributed by atoms with E-state index in [9.17, 15) is 14.0 Å². The highest BCUT2D eigenvalue weighted by Crippen LogP contribution is 2.27. The van der Waals surface area contributed by atoms with Gasteiger partial charge in [0.25, 0.3) is 5.56 Å². The SMILES string of the molecule is NC(=O)[C@H]1CCCn2c1nc1c(F)cc(Cl)cc1c2=O. The van der Waals surface area contributed by atoms with E-state index in [0.29, 0.717) is 19.4 Å². The zero-order valence-corrected chi connectivity index (χ0v) is 11.2. The Morgan fingerprint density at radius 1 is 1.50 bits per heavy atom. The van der Waals surface area contributed by atoms with Gasteiger partial charge in [-0.15, -0.1) is 0 Å². The van der Waals surface area contributed by atoms with Crippen molar-refractivity contribution in [3.63, 3.8) is 0 Å².